The number of carbonyl (C=O) groups excluding carboxylic acids is 2. The molecule has 0 spiro atoms. The van der Waals surface area contributed by atoms with Crippen molar-refractivity contribution < 1.29 is 14.0 Å². The third-order valence-corrected chi connectivity index (χ3v) is 4.40. The zero-order valence-electron chi connectivity index (χ0n) is 14.6. The van der Waals surface area contributed by atoms with Crippen molar-refractivity contribution in [3.63, 3.8) is 0 Å². The number of nitrogens with zero attached hydrogens (tertiary/aromatic N) is 3. The Morgan fingerprint density at radius 1 is 1.38 bits per heavy atom. The predicted molar refractivity (Wildman–Crippen MR) is 95.8 cm³/mol. The number of hydrogen-bond donors (Lipinski definition) is 2. The molecular formula is C18H20FN5O2. The van der Waals surface area contributed by atoms with Crippen molar-refractivity contribution in [3.8, 4) is 0 Å². The number of pyridine rings is 1. The summed E-state index contributed by atoms with van der Waals surface area (Å²) in [5.74, 6) is -0.483. The van der Waals surface area contributed by atoms with E-state index in [4.69, 9.17) is 5.73 Å². The van der Waals surface area contributed by atoms with Crippen LogP contribution in [0.3, 0.4) is 0 Å². The van der Waals surface area contributed by atoms with Gasteiger partial charge in [-0.2, -0.15) is 0 Å². The van der Waals surface area contributed by atoms with Crippen LogP contribution in [0.25, 0.3) is 0 Å². The van der Waals surface area contributed by atoms with E-state index in [0.717, 1.165) is 5.69 Å². The summed E-state index contributed by atoms with van der Waals surface area (Å²) < 4.78 is 14.2. The smallest absolute Gasteiger partial charge is 0.323 e. The van der Waals surface area contributed by atoms with Gasteiger partial charge in [0.1, 0.15) is 5.82 Å². The predicted octanol–water partition coefficient (Wildman–Crippen LogP) is 2.31. The van der Waals surface area contributed by atoms with Crippen LogP contribution in [0.1, 0.15) is 11.3 Å². The minimum Gasteiger partial charge on any atom is -0.351 e. The molecule has 2 aromatic rings. The van der Waals surface area contributed by atoms with Crippen LogP contribution in [0.2, 0.25) is 0 Å². The van der Waals surface area contributed by atoms with Gasteiger partial charge in [-0.15, -0.1) is 0 Å². The summed E-state index contributed by atoms with van der Waals surface area (Å²) in [6.07, 6.45) is 1.97. The van der Waals surface area contributed by atoms with Gasteiger partial charge in [-0.05, 0) is 49.2 Å². The molecule has 1 aliphatic rings. The third kappa shape index (κ3) is 3.58. The van der Waals surface area contributed by atoms with Gasteiger partial charge in [0, 0.05) is 19.3 Å². The second-order valence-electron chi connectivity index (χ2n) is 6.30. The summed E-state index contributed by atoms with van der Waals surface area (Å²) in [5.41, 5.74) is 7.75. The summed E-state index contributed by atoms with van der Waals surface area (Å²) in [6.45, 7) is 2.31. The summed E-state index contributed by atoms with van der Waals surface area (Å²) in [6, 6.07) is 6.81. The number of aryl methyl sites for hydroxylation is 1. The first kappa shape index (κ1) is 17.7. The highest BCUT2D eigenvalue weighted by atomic mass is 19.1. The normalized spacial score (nSPS) is 16.5. The number of rotatable bonds is 4. The number of urea groups is 2. The Labute approximate surface area is 150 Å². The summed E-state index contributed by atoms with van der Waals surface area (Å²) in [7, 11) is 1.70. The largest absolute Gasteiger partial charge is 0.351 e. The van der Waals surface area contributed by atoms with Gasteiger partial charge in [-0.3, -0.25) is 9.88 Å². The lowest BCUT2D eigenvalue weighted by molar-refractivity contribution is 0.216. The number of hydrogen-bond acceptors (Lipinski definition) is 3. The Bertz CT molecular complexity index is 840. The fraction of sp³-hybridized carbons (Fsp3) is 0.278. The highest BCUT2D eigenvalue weighted by Gasteiger charge is 2.27. The minimum atomic E-state index is -0.734. The molecule has 8 heteroatoms. The van der Waals surface area contributed by atoms with E-state index in [1.54, 1.807) is 30.1 Å². The molecule has 1 unspecified atom stereocenters. The Kier molecular flexibility index (Phi) is 4.75. The maximum absolute atomic E-state index is 14.2. The first-order chi connectivity index (χ1) is 12.3. The average molecular weight is 357 g/mol. The fourth-order valence-electron chi connectivity index (χ4n) is 2.99. The van der Waals surface area contributed by atoms with E-state index in [-0.39, 0.29) is 12.1 Å². The number of benzene rings is 1. The van der Waals surface area contributed by atoms with Crippen molar-refractivity contribution in [2.45, 2.75) is 19.4 Å². The zero-order valence-corrected chi connectivity index (χ0v) is 14.6. The Balaban J connectivity index is 1.93. The number of carbonyl (C=O) groups is 2. The lowest BCUT2D eigenvalue weighted by Gasteiger charge is -2.22. The molecule has 1 aromatic carbocycles. The molecule has 0 saturated carbocycles. The number of halogens is 1. The standard InChI is InChI=1S/C18H20FN5O2/c1-11-3-4-14(9-21-11)24(17(20)25)15-6-12(5-13(19)8-15)7-16-10-22-18(26)23(16)2/h3-6,8-9,16H,7,10H2,1-2H3,(H2,20,25)(H,22,26). The van der Waals surface area contributed by atoms with E-state index < -0.39 is 11.8 Å². The van der Waals surface area contributed by atoms with Crippen molar-refractivity contribution >= 4 is 23.4 Å². The number of amides is 4. The molecule has 2 heterocycles. The molecule has 26 heavy (non-hydrogen) atoms. The van der Waals surface area contributed by atoms with Crippen LogP contribution in [0.5, 0.6) is 0 Å². The van der Waals surface area contributed by atoms with E-state index >= 15 is 0 Å². The second kappa shape index (κ2) is 6.99. The second-order valence-corrected chi connectivity index (χ2v) is 6.30. The SMILES string of the molecule is Cc1ccc(N(C(N)=O)c2cc(F)cc(CC3CNC(=O)N3C)c2)cn1. The number of nitrogens with one attached hydrogen (secondary N) is 1. The van der Waals surface area contributed by atoms with Gasteiger partial charge in [0.25, 0.3) is 0 Å². The van der Waals surface area contributed by atoms with Crippen LogP contribution < -0.4 is 16.0 Å². The van der Waals surface area contributed by atoms with Gasteiger partial charge in [-0.1, -0.05) is 0 Å². The van der Waals surface area contributed by atoms with Crippen LogP contribution in [0, 0.1) is 12.7 Å². The van der Waals surface area contributed by atoms with E-state index in [0.29, 0.717) is 29.9 Å². The molecule has 4 amide bonds. The molecule has 0 aliphatic carbocycles. The van der Waals surface area contributed by atoms with Gasteiger partial charge in [0.15, 0.2) is 0 Å². The average Bonchev–Trinajstić information content (AvgIpc) is 2.88. The molecule has 1 aliphatic heterocycles. The maximum Gasteiger partial charge on any atom is 0.323 e. The Morgan fingerprint density at radius 2 is 2.15 bits per heavy atom. The van der Waals surface area contributed by atoms with Crippen LogP contribution in [-0.2, 0) is 6.42 Å². The van der Waals surface area contributed by atoms with Crippen molar-refractivity contribution in [1.29, 1.82) is 0 Å². The molecule has 1 fully saturated rings. The van der Waals surface area contributed by atoms with Gasteiger partial charge >= 0.3 is 12.1 Å². The van der Waals surface area contributed by atoms with E-state index in [2.05, 4.69) is 10.3 Å². The monoisotopic (exact) mass is 357 g/mol. The molecule has 136 valence electrons. The van der Waals surface area contributed by atoms with Crippen LogP contribution in [0.15, 0.2) is 36.5 Å². The maximum atomic E-state index is 14.2. The van der Waals surface area contributed by atoms with Gasteiger partial charge in [-0.25, -0.2) is 14.0 Å². The fourth-order valence-corrected chi connectivity index (χ4v) is 2.99. The lowest BCUT2D eigenvalue weighted by Crippen LogP contribution is -2.32. The topological polar surface area (TPSA) is 91.6 Å². The van der Waals surface area contributed by atoms with Gasteiger partial charge in [0.2, 0.25) is 0 Å². The molecule has 3 rings (SSSR count). The van der Waals surface area contributed by atoms with Gasteiger partial charge in [0.05, 0.1) is 23.6 Å². The van der Waals surface area contributed by atoms with E-state index in [9.17, 15) is 14.0 Å². The summed E-state index contributed by atoms with van der Waals surface area (Å²) >= 11 is 0. The molecular weight excluding hydrogens is 337 g/mol. The summed E-state index contributed by atoms with van der Waals surface area (Å²) in [5, 5.41) is 2.74. The lowest BCUT2D eigenvalue weighted by atomic mass is 10.0. The summed E-state index contributed by atoms with van der Waals surface area (Å²) in [4.78, 5) is 30.5. The molecule has 0 radical (unpaired) electrons. The number of primary amides is 1. The van der Waals surface area contributed by atoms with Crippen molar-refractivity contribution in [2.24, 2.45) is 5.73 Å². The molecule has 3 N–H and O–H groups in total. The first-order valence-electron chi connectivity index (χ1n) is 8.17. The number of nitrogens with two attached hydrogens (primary N) is 1. The highest BCUT2D eigenvalue weighted by molar-refractivity contribution is 5.98. The Morgan fingerprint density at radius 3 is 2.73 bits per heavy atom. The third-order valence-electron chi connectivity index (χ3n) is 4.40. The molecule has 1 aromatic heterocycles. The zero-order chi connectivity index (χ0) is 18.8. The van der Waals surface area contributed by atoms with Crippen molar-refractivity contribution in [1.82, 2.24) is 15.2 Å². The van der Waals surface area contributed by atoms with E-state index in [1.165, 1.54) is 23.2 Å². The molecule has 1 saturated heterocycles. The Hall–Kier alpha value is -3.16. The quantitative estimate of drug-likeness (QED) is 0.880. The van der Waals surface area contributed by atoms with E-state index in [1.807, 2.05) is 6.92 Å². The number of likely N-dealkylation sites (N-methyl/N-ethyl adjacent to an activating group) is 1. The molecule has 7 nitrogen and oxygen atoms in total. The van der Waals surface area contributed by atoms with Crippen molar-refractivity contribution in [2.75, 3.05) is 18.5 Å². The van der Waals surface area contributed by atoms with Crippen LogP contribution in [0.4, 0.5) is 25.4 Å². The number of anilines is 2. The number of aromatic nitrogens is 1. The van der Waals surface area contributed by atoms with Crippen molar-refractivity contribution in [3.05, 3.63) is 53.6 Å². The van der Waals surface area contributed by atoms with Crippen LogP contribution >= 0.6 is 0 Å². The van der Waals surface area contributed by atoms with Gasteiger partial charge < -0.3 is 16.0 Å². The molecule has 1 atom stereocenters. The first-order valence-corrected chi connectivity index (χ1v) is 8.17. The molecule has 0 bridgehead atoms. The highest BCUT2D eigenvalue weighted by Crippen LogP contribution is 2.27. The minimum absolute atomic E-state index is 0.0831. The van der Waals surface area contributed by atoms with Crippen LogP contribution in [-0.4, -0.2) is 41.6 Å².